The van der Waals surface area contributed by atoms with Crippen LogP contribution in [0.1, 0.15) is 33.3 Å². The zero-order valence-corrected chi connectivity index (χ0v) is 24.0. The molecule has 1 unspecified atom stereocenters. The molecule has 0 aliphatic carbocycles. The van der Waals surface area contributed by atoms with Crippen LogP contribution in [-0.4, -0.2) is 43.3 Å². The Balaban J connectivity index is 2.02. The van der Waals surface area contributed by atoms with Crippen molar-refractivity contribution in [2.75, 3.05) is 10.8 Å². The third-order valence-corrected chi connectivity index (χ3v) is 7.91. The van der Waals surface area contributed by atoms with E-state index < -0.39 is 34.1 Å². The summed E-state index contributed by atoms with van der Waals surface area (Å²) in [6, 6.07) is 20.1. The van der Waals surface area contributed by atoms with Gasteiger partial charge in [-0.05, 0) is 75.7 Å². The third-order valence-electron chi connectivity index (χ3n) is 5.64. The predicted molar refractivity (Wildman–Crippen MR) is 152 cm³/mol. The molecule has 38 heavy (non-hydrogen) atoms. The summed E-state index contributed by atoms with van der Waals surface area (Å²) in [5.41, 5.74) is 0.440. The van der Waals surface area contributed by atoms with Crippen LogP contribution in [0.2, 0.25) is 10.0 Å². The highest BCUT2D eigenvalue weighted by atomic mass is 35.5. The Labute approximate surface area is 234 Å². The molecule has 0 radical (unpaired) electrons. The Morgan fingerprint density at radius 1 is 0.895 bits per heavy atom. The number of rotatable bonds is 9. The first kappa shape index (κ1) is 29.5. The lowest BCUT2D eigenvalue weighted by atomic mass is 10.1. The maximum absolute atomic E-state index is 13.9. The highest BCUT2D eigenvalue weighted by Crippen LogP contribution is 2.27. The van der Waals surface area contributed by atoms with E-state index in [0.29, 0.717) is 10.0 Å². The SMILES string of the molecule is CC(C(=O)NC(C)(C)C)N(Cc1ccc(Cl)cc1)C(=O)CN(c1cccc(Cl)c1)S(=O)(=O)c1ccccc1. The number of anilines is 1. The maximum atomic E-state index is 13.9. The van der Waals surface area contributed by atoms with Crippen molar-refractivity contribution in [3.05, 3.63) is 94.5 Å². The number of hydrogen-bond acceptors (Lipinski definition) is 4. The van der Waals surface area contributed by atoms with Gasteiger partial charge in [0.1, 0.15) is 12.6 Å². The number of amides is 2. The first-order chi connectivity index (χ1) is 17.8. The molecule has 0 saturated carbocycles. The van der Waals surface area contributed by atoms with Crippen molar-refractivity contribution in [3.8, 4) is 0 Å². The lowest BCUT2D eigenvalue weighted by Crippen LogP contribution is -2.54. The van der Waals surface area contributed by atoms with Crippen molar-refractivity contribution in [2.24, 2.45) is 0 Å². The summed E-state index contributed by atoms with van der Waals surface area (Å²) in [5, 5.41) is 3.75. The van der Waals surface area contributed by atoms with Gasteiger partial charge in [0.15, 0.2) is 0 Å². The Morgan fingerprint density at radius 3 is 2.11 bits per heavy atom. The molecule has 7 nitrogen and oxygen atoms in total. The average molecular weight is 577 g/mol. The van der Waals surface area contributed by atoms with Gasteiger partial charge in [0.2, 0.25) is 11.8 Å². The lowest BCUT2D eigenvalue weighted by molar-refractivity contribution is -0.140. The first-order valence-corrected chi connectivity index (χ1v) is 14.2. The number of nitrogens with one attached hydrogen (secondary N) is 1. The van der Waals surface area contributed by atoms with E-state index in [-0.39, 0.29) is 23.0 Å². The van der Waals surface area contributed by atoms with Crippen molar-refractivity contribution in [2.45, 2.75) is 50.7 Å². The van der Waals surface area contributed by atoms with E-state index >= 15 is 0 Å². The first-order valence-electron chi connectivity index (χ1n) is 12.0. The number of hydrogen-bond donors (Lipinski definition) is 1. The fraction of sp³-hybridized carbons (Fsp3) is 0.286. The Bertz CT molecular complexity index is 1380. The molecule has 3 aromatic rings. The van der Waals surface area contributed by atoms with E-state index in [1.165, 1.54) is 23.1 Å². The third kappa shape index (κ3) is 7.72. The van der Waals surface area contributed by atoms with Crippen LogP contribution in [0.15, 0.2) is 83.8 Å². The second kappa shape index (κ2) is 12.2. The largest absolute Gasteiger partial charge is 0.350 e. The molecule has 0 aromatic heterocycles. The molecule has 0 spiro atoms. The molecule has 3 rings (SSSR count). The van der Waals surface area contributed by atoms with Crippen LogP contribution in [0.25, 0.3) is 0 Å². The van der Waals surface area contributed by atoms with E-state index in [1.807, 2.05) is 20.8 Å². The summed E-state index contributed by atoms with van der Waals surface area (Å²) in [7, 11) is -4.14. The number of carbonyl (C=O) groups excluding carboxylic acids is 2. The van der Waals surface area contributed by atoms with Crippen LogP contribution in [0.3, 0.4) is 0 Å². The summed E-state index contributed by atoms with van der Waals surface area (Å²) in [6.07, 6.45) is 0. The summed E-state index contributed by atoms with van der Waals surface area (Å²) >= 11 is 12.2. The molecular formula is C28H31Cl2N3O4S. The summed E-state index contributed by atoms with van der Waals surface area (Å²) in [5.74, 6) is -0.920. The van der Waals surface area contributed by atoms with Gasteiger partial charge in [-0.15, -0.1) is 0 Å². The molecule has 1 atom stereocenters. The fourth-order valence-electron chi connectivity index (χ4n) is 3.72. The van der Waals surface area contributed by atoms with Gasteiger partial charge in [-0.2, -0.15) is 0 Å². The van der Waals surface area contributed by atoms with Crippen LogP contribution in [0.4, 0.5) is 5.69 Å². The molecule has 0 fully saturated rings. The van der Waals surface area contributed by atoms with Gasteiger partial charge in [-0.25, -0.2) is 8.42 Å². The number of halogens is 2. The van der Waals surface area contributed by atoms with Crippen LogP contribution < -0.4 is 9.62 Å². The molecule has 2 amide bonds. The van der Waals surface area contributed by atoms with E-state index in [1.54, 1.807) is 67.6 Å². The van der Waals surface area contributed by atoms with Crippen LogP contribution in [-0.2, 0) is 26.2 Å². The standard InChI is InChI=1S/C28H31Cl2N3O4S/c1-20(27(35)31-28(2,3)4)32(18-21-13-15-22(29)16-14-21)26(34)19-33(24-10-8-9-23(30)17-24)38(36,37)25-11-6-5-7-12-25/h5-17,20H,18-19H2,1-4H3,(H,31,35). The summed E-state index contributed by atoms with van der Waals surface area (Å²) in [6.45, 7) is 6.68. The smallest absolute Gasteiger partial charge is 0.264 e. The molecule has 202 valence electrons. The van der Waals surface area contributed by atoms with E-state index in [4.69, 9.17) is 23.2 Å². The molecule has 0 aliphatic heterocycles. The Hall–Kier alpha value is -3.07. The zero-order valence-electron chi connectivity index (χ0n) is 21.7. The van der Waals surface area contributed by atoms with Gasteiger partial charge in [0.25, 0.3) is 10.0 Å². The summed E-state index contributed by atoms with van der Waals surface area (Å²) in [4.78, 5) is 28.3. The minimum absolute atomic E-state index is 0.0237. The highest BCUT2D eigenvalue weighted by Gasteiger charge is 2.33. The number of benzene rings is 3. The van der Waals surface area contributed by atoms with E-state index in [2.05, 4.69) is 5.32 Å². The average Bonchev–Trinajstić information content (AvgIpc) is 2.85. The van der Waals surface area contributed by atoms with Crippen LogP contribution in [0.5, 0.6) is 0 Å². The molecule has 0 heterocycles. The number of carbonyl (C=O) groups is 2. The van der Waals surface area contributed by atoms with Gasteiger partial charge in [0, 0.05) is 22.1 Å². The van der Waals surface area contributed by atoms with Crippen molar-refractivity contribution >= 4 is 50.7 Å². The fourth-order valence-corrected chi connectivity index (χ4v) is 5.46. The summed E-state index contributed by atoms with van der Waals surface area (Å²) < 4.78 is 28.4. The number of nitrogens with zero attached hydrogens (tertiary/aromatic N) is 2. The second-order valence-corrected chi connectivity index (χ2v) is 12.6. The molecule has 3 aromatic carbocycles. The minimum Gasteiger partial charge on any atom is -0.350 e. The molecule has 0 saturated heterocycles. The van der Waals surface area contributed by atoms with Crippen LogP contribution >= 0.6 is 23.2 Å². The number of sulfonamides is 1. The predicted octanol–water partition coefficient (Wildman–Crippen LogP) is 5.52. The Kier molecular flexibility index (Phi) is 9.46. The topological polar surface area (TPSA) is 86.8 Å². The lowest BCUT2D eigenvalue weighted by Gasteiger charge is -2.33. The van der Waals surface area contributed by atoms with Crippen molar-refractivity contribution < 1.29 is 18.0 Å². The maximum Gasteiger partial charge on any atom is 0.264 e. The molecular weight excluding hydrogens is 545 g/mol. The van der Waals surface area contributed by atoms with Gasteiger partial charge >= 0.3 is 0 Å². The van der Waals surface area contributed by atoms with Gasteiger partial charge in [0.05, 0.1) is 10.6 Å². The van der Waals surface area contributed by atoms with Gasteiger partial charge in [-0.1, -0.05) is 59.6 Å². The molecule has 1 N–H and O–H groups in total. The second-order valence-electron chi connectivity index (χ2n) is 9.87. The van der Waals surface area contributed by atoms with E-state index in [9.17, 15) is 18.0 Å². The van der Waals surface area contributed by atoms with Crippen molar-refractivity contribution in [3.63, 3.8) is 0 Å². The zero-order chi connectivity index (χ0) is 28.1. The van der Waals surface area contributed by atoms with E-state index in [0.717, 1.165) is 9.87 Å². The molecule has 0 bridgehead atoms. The van der Waals surface area contributed by atoms with Crippen molar-refractivity contribution in [1.29, 1.82) is 0 Å². The quantitative estimate of drug-likeness (QED) is 0.364. The molecule has 0 aliphatic rings. The molecule has 10 heteroatoms. The monoisotopic (exact) mass is 575 g/mol. The van der Waals surface area contributed by atoms with Gasteiger partial charge in [-0.3, -0.25) is 13.9 Å². The van der Waals surface area contributed by atoms with Gasteiger partial charge < -0.3 is 10.2 Å². The van der Waals surface area contributed by atoms with Crippen molar-refractivity contribution in [1.82, 2.24) is 10.2 Å². The minimum atomic E-state index is -4.14. The normalized spacial score (nSPS) is 12.5. The van der Waals surface area contributed by atoms with Crippen LogP contribution in [0, 0.1) is 0 Å². The Morgan fingerprint density at radius 2 is 1.53 bits per heavy atom. The highest BCUT2D eigenvalue weighted by molar-refractivity contribution is 7.92.